The number of rotatable bonds is 2. The van der Waals surface area contributed by atoms with Gasteiger partial charge in [0.25, 0.3) is 0 Å². The zero-order valence-electron chi connectivity index (χ0n) is 13.8. The van der Waals surface area contributed by atoms with E-state index in [0.717, 1.165) is 45.2 Å². The highest BCUT2D eigenvalue weighted by atomic mass is 16.2. The lowest BCUT2D eigenvalue weighted by Gasteiger charge is -2.39. The highest BCUT2D eigenvalue weighted by molar-refractivity contribution is 5.81. The maximum absolute atomic E-state index is 13.0. The summed E-state index contributed by atoms with van der Waals surface area (Å²) in [4.78, 5) is 15.0. The molecule has 1 amide bonds. The highest BCUT2D eigenvalue weighted by Gasteiger charge is 2.44. The van der Waals surface area contributed by atoms with Crippen LogP contribution < -0.4 is 5.73 Å². The van der Waals surface area contributed by atoms with E-state index < -0.39 is 0 Å². The molecule has 22 heavy (non-hydrogen) atoms. The number of carbonyl (C=O) groups excluding carboxylic acids is 1. The Morgan fingerprint density at radius 1 is 1.18 bits per heavy atom. The quantitative estimate of drug-likeness (QED) is 0.912. The van der Waals surface area contributed by atoms with Crippen molar-refractivity contribution in [2.75, 3.05) is 13.1 Å². The molecular weight excluding hydrogens is 272 g/mol. The molecule has 2 aliphatic rings. The molecule has 3 heteroatoms. The number of likely N-dealkylation sites (tertiary alicyclic amines) is 1. The lowest BCUT2D eigenvalue weighted by atomic mass is 9.74. The number of nitrogens with zero attached hydrogens (tertiary/aromatic N) is 1. The molecule has 0 radical (unpaired) electrons. The molecule has 1 saturated heterocycles. The van der Waals surface area contributed by atoms with Crippen LogP contribution in [0.15, 0.2) is 30.3 Å². The molecule has 120 valence electrons. The smallest absolute Gasteiger partial charge is 0.227 e. The van der Waals surface area contributed by atoms with Gasteiger partial charge in [0.15, 0.2) is 0 Å². The Morgan fingerprint density at radius 3 is 2.59 bits per heavy atom. The van der Waals surface area contributed by atoms with E-state index in [-0.39, 0.29) is 22.8 Å². The molecule has 3 unspecified atom stereocenters. The van der Waals surface area contributed by atoms with E-state index in [4.69, 9.17) is 5.73 Å². The maximum Gasteiger partial charge on any atom is 0.227 e. The molecule has 1 heterocycles. The van der Waals surface area contributed by atoms with Gasteiger partial charge in [-0.15, -0.1) is 0 Å². The van der Waals surface area contributed by atoms with Crippen LogP contribution in [0.5, 0.6) is 0 Å². The van der Waals surface area contributed by atoms with Crippen molar-refractivity contribution < 1.29 is 4.79 Å². The van der Waals surface area contributed by atoms with E-state index in [9.17, 15) is 4.79 Å². The van der Waals surface area contributed by atoms with Crippen LogP contribution in [-0.2, 0) is 10.2 Å². The van der Waals surface area contributed by atoms with Crippen molar-refractivity contribution >= 4 is 5.91 Å². The fourth-order valence-electron chi connectivity index (χ4n) is 4.21. The standard InChI is InChI=1S/C19H28N2O/c1-18(15-8-4-3-5-9-15)12-13-21(14-18)17(22)16-10-6-7-11-19(16,2)20/h3-5,8-9,16H,6-7,10-14,20H2,1-2H3. The lowest BCUT2D eigenvalue weighted by Crippen LogP contribution is -2.53. The summed E-state index contributed by atoms with van der Waals surface area (Å²) in [5, 5.41) is 0. The van der Waals surface area contributed by atoms with Crippen molar-refractivity contribution in [1.29, 1.82) is 0 Å². The summed E-state index contributed by atoms with van der Waals surface area (Å²) < 4.78 is 0. The molecule has 1 aliphatic heterocycles. The van der Waals surface area contributed by atoms with Crippen LogP contribution in [0.25, 0.3) is 0 Å². The number of hydrogen-bond acceptors (Lipinski definition) is 2. The van der Waals surface area contributed by atoms with Gasteiger partial charge in [-0.25, -0.2) is 0 Å². The van der Waals surface area contributed by atoms with Crippen molar-refractivity contribution in [3.05, 3.63) is 35.9 Å². The maximum atomic E-state index is 13.0. The average Bonchev–Trinajstić information content (AvgIpc) is 2.91. The molecule has 0 aromatic heterocycles. The van der Waals surface area contributed by atoms with Crippen molar-refractivity contribution in [2.24, 2.45) is 11.7 Å². The van der Waals surface area contributed by atoms with Crippen LogP contribution in [0.1, 0.15) is 51.5 Å². The van der Waals surface area contributed by atoms with Gasteiger partial charge in [-0.05, 0) is 31.7 Å². The summed E-state index contributed by atoms with van der Waals surface area (Å²) in [6.07, 6.45) is 5.24. The average molecular weight is 300 g/mol. The van der Waals surface area contributed by atoms with Gasteiger partial charge in [-0.2, -0.15) is 0 Å². The van der Waals surface area contributed by atoms with Gasteiger partial charge in [0.05, 0.1) is 5.92 Å². The Bertz CT molecular complexity index is 540. The van der Waals surface area contributed by atoms with Crippen molar-refractivity contribution in [3.8, 4) is 0 Å². The molecule has 0 spiro atoms. The minimum absolute atomic E-state index is 0.000580. The monoisotopic (exact) mass is 300 g/mol. The van der Waals surface area contributed by atoms with Gasteiger partial charge >= 0.3 is 0 Å². The summed E-state index contributed by atoms with van der Waals surface area (Å²) >= 11 is 0. The number of carbonyl (C=O) groups is 1. The topological polar surface area (TPSA) is 46.3 Å². The van der Waals surface area contributed by atoms with E-state index >= 15 is 0 Å². The third-order valence-electron chi connectivity index (χ3n) is 5.81. The Hall–Kier alpha value is -1.35. The first-order valence-corrected chi connectivity index (χ1v) is 8.56. The number of nitrogens with two attached hydrogens (primary N) is 1. The normalized spacial score (nSPS) is 35.6. The Kier molecular flexibility index (Phi) is 4.02. The molecular formula is C19H28N2O. The van der Waals surface area contributed by atoms with Gasteiger partial charge in [0.2, 0.25) is 5.91 Å². The molecule has 2 N–H and O–H groups in total. The molecule has 2 fully saturated rings. The summed E-state index contributed by atoms with van der Waals surface area (Å²) in [7, 11) is 0. The van der Waals surface area contributed by atoms with Crippen molar-refractivity contribution in [2.45, 2.75) is 56.9 Å². The van der Waals surface area contributed by atoms with Gasteiger partial charge in [0, 0.05) is 24.0 Å². The van der Waals surface area contributed by atoms with E-state index in [1.165, 1.54) is 5.56 Å². The Morgan fingerprint density at radius 2 is 1.91 bits per heavy atom. The number of amides is 1. The summed E-state index contributed by atoms with van der Waals surface area (Å²) in [5.41, 5.74) is 7.51. The van der Waals surface area contributed by atoms with Crippen LogP contribution in [0.2, 0.25) is 0 Å². The first-order chi connectivity index (χ1) is 10.4. The predicted octanol–water partition coefficient (Wildman–Crippen LogP) is 3.08. The van der Waals surface area contributed by atoms with Gasteiger partial charge in [0.1, 0.15) is 0 Å². The first kappa shape index (κ1) is 15.5. The first-order valence-electron chi connectivity index (χ1n) is 8.56. The van der Waals surface area contributed by atoms with Gasteiger partial charge in [-0.1, -0.05) is 50.1 Å². The summed E-state index contributed by atoms with van der Waals surface area (Å²) in [5.74, 6) is 0.281. The van der Waals surface area contributed by atoms with Crippen LogP contribution in [0.4, 0.5) is 0 Å². The van der Waals surface area contributed by atoms with Gasteiger partial charge < -0.3 is 10.6 Å². The molecule has 3 atom stereocenters. The second kappa shape index (κ2) is 5.69. The number of hydrogen-bond donors (Lipinski definition) is 1. The molecule has 1 aliphatic carbocycles. The molecule has 1 aromatic carbocycles. The van der Waals surface area contributed by atoms with Gasteiger partial charge in [-0.3, -0.25) is 4.79 Å². The molecule has 3 nitrogen and oxygen atoms in total. The van der Waals surface area contributed by atoms with Crippen LogP contribution in [-0.4, -0.2) is 29.4 Å². The van der Waals surface area contributed by atoms with E-state index in [1.807, 2.05) is 6.07 Å². The van der Waals surface area contributed by atoms with E-state index in [1.54, 1.807) is 0 Å². The van der Waals surface area contributed by atoms with Crippen LogP contribution in [0.3, 0.4) is 0 Å². The summed E-state index contributed by atoms with van der Waals surface area (Å²) in [6.45, 7) is 6.01. The largest absolute Gasteiger partial charge is 0.341 e. The number of benzene rings is 1. The minimum Gasteiger partial charge on any atom is -0.341 e. The minimum atomic E-state index is -0.332. The van der Waals surface area contributed by atoms with Crippen LogP contribution in [0, 0.1) is 5.92 Å². The second-order valence-corrected chi connectivity index (χ2v) is 7.74. The fourth-order valence-corrected chi connectivity index (χ4v) is 4.21. The van der Waals surface area contributed by atoms with E-state index in [2.05, 4.69) is 43.0 Å². The summed E-state index contributed by atoms with van der Waals surface area (Å²) in [6, 6.07) is 10.6. The van der Waals surface area contributed by atoms with Crippen LogP contribution >= 0.6 is 0 Å². The predicted molar refractivity (Wildman–Crippen MR) is 89.5 cm³/mol. The van der Waals surface area contributed by atoms with Crippen molar-refractivity contribution in [3.63, 3.8) is 0 Å². The lowest BCUT2D eigenvalue weighted by molar-refractivity contribution is -0.138. The zero-order valence-corrected chi connectivity index (χ0v) is 13.8. The molecule has 1 saturated carbocycles. The third kappa shape index (κ3) is 2.79. The molecule has 1 aromatic rings. The Labute approximate surface area is 133 Å². The SMILES string of the molecule is CC1(c2ccccc2)CCN(C(=O)C2CCCCC2(C)N)C1. The Balaban J connectivity index is 1.73. The third-order valence-corrected chi connectivity index (χ3v) is 5.81. The van der Waals surface area contributed by atoms with Crippen molar-refractivity contribution in [1.82, 2.24) is 4.90 Å². The highest BCUT2D eigenvalue weighted by Crippen LogP contribution is 2.38. The fraction of sp³-hybridized carbons (Fsp3) is 0.632. The molecule has 3 rings (SSSR count). The van der Waals surface area contributed by atoms with E-state index in [0.29, 0.717) is 0 Å². The zero-order chi connectivity index (χ0) is 15.8. The molecule has 0 bridgehead atoms. The second-order valence-electron chi connectivity index (χ2n) is 7.74.